The maximum absolute atomic E-state index is 11.9. The van der Waals surface area contributed by atoms with Crippen LogP contribution in [0.15, 0.2) is 12.5 Å². The molecule has 6 nitrogen and oxygen atoms in total. The van der Waals surface area contributed by atoms with Gasteiger partial charge in [-0.2, -0.15) is 0 Å². The molecule has 108 valence electrons. The van der Waals surface area contributed by atoms with Crippen LogP contribution in [0.4, 0.5) is 0 Å². The van der Waals surface area contributed by atoms with E-state index in [1.165, 1.54) is 0 Å². The van der Waals surface area contributed by atoms with Crippen molar-refractivity contribution in [3.63, 3.8) is 0 Å². The van der Waals surface area contributed by atoms with Gasteiger partial charge in [0.05, 0.1) is 11.9 Å². The zero-order chi connectivity index (χ0) is 14.5. The van der Waals surface area contributed by atoms with Gasteiger partial charge in [0.15, 0.2) is 0 Å². The number of aliphatic hydroxyl groups is 1. The molecule has 4 N–H and O–H groups in total. The predicted molar refractivity (Wildman–Crippen MR) is 73.7 cm³/mol. The van der Waals surface area contributed by atoms with E-state index in [9.17, 15) is 9.90 Å². The quantitative estimate of drug-likeness (QED) is 0.666. The Labute approximate surface area is 114 Å². The lowest BCUT2D eigenvalue weighted by Crippen LogP contribution is -2.41. The molecule has 0 bridgehead atoms. The molecule has 0 radical (unpaired) electrons. The van der Waals surface area contributed by atoms with Crippen LogP contribution < -0.4 is 11.1 Å². The van der Waals surface area contributed by atoms with E-state index in [1.54, 1.807) is 24.0 Å². The van der Waals surface area contributed by atoms with Crippen LogP contribution in [0, 0.1) is 5.92 Å². The van der Waals surface area contributed by atoms with Crippen LogP contribution in [-0.4, -0.2) is 39.3 Å². The molecule has 0 saturated carbocycles. The number of carbonyl (C=O) groups excluding carboxylic acids is 1. The summed E-state index contributed by atoms with van der Waals surface area (Å²) in [6.07, 6.45) is 3.86. The van der Waals surface area contributed by atoms with Crippen molar-refractivity contribution in [3.8, 4) is 0 Å². The molecule has 0 aliphatic carbocycles. The highest BCUT2D eigenvalue weighted by Crippen LogP contribution is 2.15. The zero-order valence-electron chi connectivity index (χ0n) is 11.9. The van der Waals surface area contributed by atoms with Gasteiger partial charge in [-0.15, -0.1) is 0 Å². The largest absolute Gasteiger partial charge is 0.388 e. The molecule has 1 unspecified atom stereocenters. The summed E-state index contributed by atoms with van der Waals surface area (Å²) in [5, 5.41) is 12.8. The molecule has 1 aromatic heterocycles. The van der Waals surface area contributed by atoms with Crippen LogP contribution in [0.25, 0.3) is 0 Å². The van der Waals surface area contributed by atoms with Gasteiger partial charge in [0.1, 0.15) is 5.69 Å². The molecule has 1 atom stereocenters. The minimum absolute atomic E-state index is 0.216. The lowest BCUT2D eigenvalue weighted by atomic mass is 9.94. The van der Waals surface area contributed by atoms with Crippen LogP contribution in [0.2, 0.25) is 0 Å². The van der Waals surface area contributed by atoms with E-state index < -0.39 is 5.60 Å². The maximum atomic E-state index is 11.9. The third-order valence-electron chi connectivity index (χ3n) is 2.73. The summed E-state index contributed by atoms with van der Waals surface area (Å²) in [6, 6.07) is 0. The Balaban J connectivity index is 2.50. The smallest absolute Gasteiger partial charge is 0.271 e. The normalized spacial score (nSPS) is 14.4. The van der Waals surface area contributed by atoms with E-state index in [2.05, 4.69) is 10.3 Å². The SMILES string of the molecule is CC(C)CC(C)(O)CNC(=O)c1cn(CCN)cn1. The summed E-state index contributed by atoms with van der Waals surface area (Å²) in [5.41, 5.74) is 4.87. The zero-order valence-corrected chi connectivity index (χ0v) is 11.9. The number of nitrogens with zero attached hydrogens (tertiary/aromatic N) is 2. The molecule has 1 heterocycles. The van der Waals surface area contributed by atoms with Gasteiger partial charge in [0, 0.05) is 25.8 Å². The summed E-state index contributed by atoms with van der Waals surface area (Å²) in [7, 11) is 0. The third-order valence-corrected chi connectivity index (χ3v) is 2.73. The Hall–Kier alpha value is -1.40. The summed E-state index contributed by atoms with van der Waals surface area (Å²) in [5.74, 6) is 0.0930. The van der Waals surface area contributed by atoms with Crippen molar-refractivity contribution >= 4 is 5.91 Å². The number of aromatic nitrogens is 2. The molecule has 0 saturated heterocycles. The van der Waals surface area contributed by atoms with Crippen molar-refractivity contribution in [2.24, 2.45) is 11.7 Å². The molecule has 19 heavy (non-hydrogen) atoms. The Morgan fingerprint density at radius 3 is 2.89 bits per heavy atom. The monoisotopic (exact) mass is 268 g/mol. The molecule has 0 fully saturated rings. The number of amides is 1. The molecular weight excluding hydrogens is 244 g/mol. The molecule has 0 aliphatic rings. The maximum Gasteiger partial charge on any atom is 0.271 e. The first-order valence-electron chi connectivity index (χ1n) is 6.56. The molecule has 6 heteroatoms. The number of rotatable bonds is 7. The second-order valence-electron chi connectivity index (χ2n) is 5.56. The molecular formula is C13H24N4O2. The van der Waals surface area contributed by atoms with Crippen LogP contribution in [0.1, 0.15) is 37.7 Å². The minimum Gasteiger partial charge on any atom is -0.388 e. The molecule has 0 aromatic carbocycles. The Morgan fingerprint density at radius 2 is 2.32 bits per heavy atom. The van der Waals surface area contributed by atoms with Crippen LogP contribution in [-0.2, 0) is 6.54 Å². The van der Waals surface area contributed by atoms with Gasteiger partial charge >= 0.3 is 0 Å². The average molecular weight is 268 g/mol. The van der Waals surface area contributed by atoms with Gasteiger partial charge in [0.25, 0.3) is 5.91 Å². The summed E-state index contributed by atoms with van der Waals surface area (Å²) >= 11 is 0. The standard InChI is InChI=1S/C13H24N4O2/c1-10(2)6-13(3,19)8-15-12(18)11-7-17(5-4-14)9-16-11/h7,9-10,19H,4-6,8,14H2,1-3H3,(H,15,18). The van der Waals surface area contributed by atoms with Gasteiger partial charge in [-0.25, -0.2) is 4.98 Å². The highest BCUT2D eigenvalue weighted by atomic mass is 16.3. The van der Waals surface area contributed by atoms with Crippen molar-refractivity contribution in [3.05, 3.63) is 18.2 Å². The number of imidazole rings is 1. The second-order valence-corrected chi connectivity index (χ2v) is 5.56. The topological polar surface area (TPSA) is 93.2 Å². The lowest BCUT2D eigenvalue weighted by molar-refractivity contribution is 0.0367. The molecule has 1 amide bonds. The third kappa shape index (κ3) is 5.40. The van der Waals surface area contributed by atoms with Crippen molar-refractivity contribution in [2.45, 2.75) is 39.3 Å². The number of nitrogens with two attached hydrogens (primary N) is 1. The van der Waals surface area contributed by atoms with Crippen LogP contribution >= 0.6 is 0 Å². The van der Waals surface area contributed by atoms with Gasteiger partial charge in [-0.3, -0.25) is 4.79 Å². The van der Waals surface area contributed by atoms with E-state index in [0.717, 1.165) is 0 Å². The first-order valence-corrected chi connectivity index (χ1v) is 6.56. The number of hydrogen-bond donors (Lipinski definition) is 3. The summed E-state index contributed by atoms with van der Waals surface area (Å²) < 4.78 is 1.77. The van der Waals surface area contributed by atoms with Crippen LogP contribution in [0.3, 0.4) is 0 Å². The highest BCUT2D eigenvalue weighted by molar-refractivity contribution is 5.92. The number of nitrogens with one attached hydrogen (secondary N) is 1. The highest BCUT2D eigenvalue weighted by Gasteiger charge is 2.23. The van der Waals surface area contributed by atoms with E-state index in [-0.39, 0.29) is 12.5 Å². The van der Waals surface area contributed by atoms with Gasteiger partial charge in [-0.1, -0.05) is 13.8 Å². The molecule has 0 aliphatic heterocycles. The van der Waals surface area contributed by atoms with Gasteiger partial charge in [0.2, 0.25) is 0 Å². The molecule has 1 aromatic rings. The van der Waals surface area contributed by atoms with Crippen molar-refractivity contribution in [1.82, 2.24) is 14.9 Å². The summed E-state index contributed by atoms with van der Waals surface area (Å²) in [6.45, 7) is 7.13. The first kappa shape index (κ1) is 15.7. The second kappa shape index (κ2) is 6.68. The fourth-order valence-electron chi connectivity index (χ4n) is 2.06. The Kier molecular flexibility index (Phi) is 5.50. The van der Waals surface area contributed by atoms with Gasteiger partial charge < -0.3 is 20.7 Å². The lowest BCUT2D eigenvalue weighted by Gasteiger charge is -2.25. The number of carbonyl (C=O) groups is 1. The minimum atomic E-state index is -0.899. The average Bonchev–Trinajstić information content (AvgIpc) is 2.73. The first-order chi connectivity index (χ1) is 8.84. The van der Waals surface area contributed by atoms with Crippen LogP contribution in [0.5, 0.6) is 0 Å². The fraction of sp³-hybridized carbons (Fsp3) is 0.692. The van der Waals surface area contributed by atoms with E-state index in [0.29, 0.717) is 31.1 Å². The predicted octanol–water partition coefficient (Wildman–Crippen LogP) is 0.369. The van der Waals surface area contributed by atoms with Gasteiger partial charge in [-0.05, 0) is 19.3 Å². The Bertz CT molecular complexity index is 413. The Morgan fingerprint density at radius 1 is 1.63 bits per heavy atom. The van der Waals surface area contributed by atoms with Crippen molar-refractivity contribution in [2.75, 3.05) is 13.1 Å². The van der Waals surface area contributed by atoms with Crippen molar-refractivity contribution < 1.29 is 9.90 Å². The molecule has 1 rings (SSSR count). The van der Waals surface area contributed by atoms with E-state index in [1.807, 2.05) is 13.8 Å². The molecule has 0 spiro atoms. The number of hydrogen-bond acceptors (Lipinski definition) is 4. The fourth-order valence-corrected chi connectivity index (χ4v) is 2.06. The van der Waals surface area contributed by atoms with E-state index in [4.69, 9.17) is 5.73 Å². The van der Waals surface area contributed by atoms with Crippen molar-refractivity contribution in [1.29, 1.82) is 0 Å². The van der Waals surface area contributed by atoms with E-state index >= 15 is 0 Å². The summed E-state index contributed by atoms with van der Waals surface area (Å²) in [4.78, 5) is 15.9.